The first kappa shape index (κ1) is 777. The molecule has 0 saturated carbocycles. The van der Waals surface area contributed by atoms with Gasteiger partial charge in [-0.15, -0.1) is 12.4 Å². The molecule has 0 aromatic carbocycles. The first-order chi connectivity index (χ1) is 0. The van der Waals surface area contributed by atoms with E-state index in [4.69, 9.17) is 0 Å². The van der Waals surface area contributed by atoms with Crippen LogP contribution in [-0.4, -0.2) is 81.5 Å². The van der Waals surface area contributed by atoms with Crippen molar-refractivity contribution in [3.63, 3.8) is 0 Å². The van der Waals surface area contributed by atoms with E-state index in [0.29, 0.717) is 0 Å². The van der Waals surface area contributed by atoms with Crippen molar-refractivity contribution >= 4 is 50.1 Å². The van der Waals surface area contributed by atoms with E-state index in [2.05, 4.69) is 0 Å². The van der Waals surface area contributed by atoms with Crippen LogP contribution in [0.15, 0.2) is 0 Å². The van der Waals surface area contributed by atoms with Crippen LogP contribution in [0.4, 0.5) is 0 Å². The fraction of sp³-hybridized carbons (Fsp3) is 0. The molecule has 0 rings (SSSR count). The quantitative estimate of drug-likeness (QED) is 0.346. The molecule has 0 amide bonds. The third-order valence-corrected chi connectivity index (χ3v) is 0. The molecule has 16 N–H and O–H groups in total. The summed E-state index contributed by atoms with van der Waals surface area (Å²) < 4.78 is 0. The Morgan fingerprint density at radius 1 is 0.300 bits per heavy atom. The first-order valence-corrected chi connectivity index (χ1v) is 0. The predicted molar refractivity (Wildman–Crippen MR) is 44.7 cm³/mol. The van der Waals surface area contributed by atoms with Crippen LogP contribution in [0.2, 0.25) is 0 Å². The Kier molecular flexibility index (Phi) is 44800. The second kappa shape index (κ2) is 576. The van der Waals surface area contributed by atoms with Crippen LogP contribution in [-0.2, 0) is 0 Å². The van der Waals surface area contributed by atoms with E-state index in [0.717, 1.165) is 0 Å². The average Bonchev–Trinajstić information content (AvgIpc) is 0. The Balaban J connectivity index is 0. The van der Waals surface area contributed by atoms with Crippen molar-refractivity contribution in [3.8, 4) is 0 Å². The summed E-state index contributed by atoms with van der Waals surface area (Å²) in [5.41, 5.74) is 0. The normalized spacial score (nSPS) is 0. The van der Waals surface area contributed by atoms with Crippen molar-refractivity contribution in [2.24, 2.45) is 0 Å². The fourth-order valence-corrected chi connectivity index (χ4v) is 0. The third kappa shape index (κ3) is 413. The molecular formula is H19CaClO8. The maximum absolute atomic E-state index is 0. The van der Waals surface area contributed by atoms with E-state index in [-0.39, 0.29) is 94.0 Å². The van der Waals surface area contributed by atoms with Crippen molar-refractivity contribution in [2.45, 2.75) is 0 Å². The second-order valence-corrected chi connectivity index (χ2v) is 0. The zero-order valence-electron chi connectivity index (χ0n) is 4.41. The summed E-state index contributed by atoms with van der Waals surface area (Å²) in [6.45, 7) is 0. The molecule has 0 aliphatic rings. The molecular weight excluding hydrogens is 204 g/mol. The van der Waals surface area contributed by atoms with Gasteiger partial charge in [0.25, 0.3) is 0 Å². The van der Waals surface area contributed by atoms with E-state index in [1.807, 2.05) is 0 Å². The molecule has 0 aromatic rings. The van der Waals surface area contributed by atoms with Crippen molar-refractivity contribution in [2.75, 3.05) is 0 Å². The van der Waals surface area contributed by atoms with E-state index >= 15 is 0 Å². The second-order valence-electron chi connectivity index (χ2n) is 0. The molecule has 10 heavy (non-hydrogen) atoms. The van der Waals surface area contributed by atoms with Gasteiger partial charge in [-0.05, 0) is 0 Å². The molecule has 0 atom stereocenters. The molecule has 0 radical (unpaired) electrons. The molecule has 0 fully saturated rings. The zero-order valence-corrected chi connectivity index (χ0v) is 5.22. The van der Waals surface area contributed by atoms with Gasteiger partial charge in [-0.25, -0.2) is 0 Å². The van der Waals surface area contributed by atoms with Gasteiger partial charge < -0.3 is 43.8 Å². The van der Waals surface area contributed by atoms with Crippen LogP contribution in [0.5, 0.6) is 0 Å². The topological polar surface area (TPSA) is 252 Å². The zero-order chi connectivity index (χ0) is 0. The van der Waals surface area contributed by atoms with Crippen molar-refractivity contribution in [3.05, 3.63) is 0 Å². The molecule has 0 unspecified atom stereocenters. The molecule has 0 heterocycles. The Hall–Kier alpha value is 1.23. The van der Waals surface area contributed by atoms with Crippen LogP contribution < -0.4 is 0 Å². The molecule has 76 valence electrons. The fourth-order valence-electron chi connectivity index (χ4n) is 0. The monoisotopic (exact) mass is 222 g/mol. The first-order valence-electron chi connectivity index (χ1n) is 0. The summed E-state index contributed by atoms with van der Waals surface area (Å²) >= 11 is 0. The van der Waals surface area contributed by atoms with Gasteiger partial charge in [0.1, 0.15) is 0 Å². The van der Waals surface area contributed by atoms with Gasteiger partial charge in [-0.3, -0.25) is 0 Å². The summed E-state index contributed by atoms with van der Waals surface area (Å²) in [4.78, 5) is 0. The van der Waals surface area contributed by atoms with Crippen LogP contribution >= 0.6 is 12.4 Å². The minimum atomic E-state index is 0. The summed E-state index contributed by atoms with van der Waals surface area (Å²) in [7, 11) is 0. The van der Waals surface area contributed by atoms with Crippen LogP contribution in [0.1, 0.15) is 0 Å². The molecule has 0 spiro atoms. The number of rotatable bonds is 0. The van der Waals surface area contributed by atoms with E-state index in [9.17, 15) is 0 Å². The molecule has 10 heteroatoms. The van der Waals surface area contributed by atoms with Gasteiger partial charge in [-0.1, -0.05) is 0 Å². The molecule has 8 nitrogen and oxygen atoms in total. The number of halogens is 1. The van der Waals surface area contributed by atoms with Crippen molar-refractivity contribution < 1.29 is 43.8 Å². The molecule has 0 aliphatic carbocycles. The summed E-state index contributed by atoms with van der Waals surface area (Å²) in [6, 6.07) is 0. The van der Waals surface area contributed by atoms with Gasteiger partial charge in [0.05, 0.1) is 0 Å². The van der Waals surface area contributed by atoms with Crippen LogP contribution in [0.3, 0.4) is 0 Å². The SMILES string of the molecule is Cl.O.O.O.O.O.O.O.O.[CaH2]. The Bertz CT molecular complexity index is 9.22. The average molecular weight is 223 g/mol. The van der Waals surface area contributed by atoms with Crippen molar-refractivity contribution in [1.82, 2.24) is 0 Å². The van der Waals surface area contributed by atoms with E-state index < -0.39 is 0 Å². The molecule has 0 saturated heterocycles. The maximum atomic E-state index is 0. The Labute approximate surface area is 93.5 Å². The van der Waals surface area contributed by atoms with Gasteiger partial charge in [0.2, 0.25) is 0 Å². The molecule has 0 aromatic heterocycles. The third-order valence-electron chi connectivity index (χ3n) is 0. The van der Waals surface area contributed by atoms with Crippen molar-refractivity contribution in [1.29, 1.82) is 0 Å². The standard InChI is InChI=1S/Ca.ClH.8H2O.2H/h;1H;8*1H2;;. The van der Waals surface area contributed by atoms with Gasteiger partial charge in [-0.2, -0.15) is 0 Å². The summed E-state index contributed by atoms with van der Waals surface area (Å²) in [6.07, 6.45) is 0. The van der Waals surface area contributed by atoms with E-state index in [1.165, 1.54) is 0 Å². The van der Waals surface area contributed by atoms with Gasteiger partial charge in [0, 0.05) is 0 Å². The summed E-state index contributed by atoms with van der Waals surface area (Å²) in [5.74, 6) is 0. The predicted octanol–water partition coefficient (Wildman–Crippen LogP) is -7.09. The molecule has 0 aliphatic heterocycles. The van der Waals surface area contributed by atoms with Gasteiger partial charge >= 0.3 is 37.7 Å². The van der Waals surface area contributed by atoms with E-state index in [1.54, 1.807) is 0 Å². The number of hydrogen-bond acceptors (Lipinski definition) is 0. The molecule has 0 bridgehead atoms. The Morgan fingerprint density at radius 3 is 0.300 bits per heavy atom. The van der Waals surface area contributed by atoms with Crippen LogP contribution in [0, 0.1) is 0 Å². The Morgan fingerprint density at radius 2 is 0.300 bits per heavy atom. The van der Waals surface area contributed by atoms with Crippen LogP contribution in [0.25, 0.3) is 0 Å². The number of hydrogen-bond donors (Lipinski definition) is 0. The summed E-state index contributed by atoms with van der Waals surface area (Å²) in [5, 5.41) is 0. The minimum absolute atomic E-state index is 0. The van der Waals surface area contributed by atoms with Gasteiger partial charge in [0.15, 0.2) is 0 Å².